The predicted molar refractivity (Wildman–Crippen MR) is 51.6 cm³/mol. The highest BCUT2D eigenvalue weighted by molar-refractivity contribution is 5.34. The van der Waals surface area contributed by atoms with Crippen molar-refractivity contribution in [2.75, 3.05) is 11.9 Å². The van der Waals surface area contributed by atoms with Crippen LogP contribution in [0.2, 0.25) is 0 Å². The lowest BCUT2D eigenvalue weighted by Gasteiger charge is -2.07. The van der Waals surface area contributed by atoms with Gasteiger partial charge in [-0.2, -0.15) is 0 Å². The average molecular weight is 181 g/mol. The second-order valence-corrected chi connectivity index (χ2v) is 2.98. The summed E-state index contributed by atoms with van der Waals surface area (Å²) in [5.41, 5.74) is 1.00. The van der Waals surface area contributed by atoms with E-state index in [1.54, 1.807) is 6.92 Å². The zero-order valence-electron chi connectivity index (χ0n) is 7.99. The Kier molecular flexibility index (Phi) is 3.64. The fourth-order valence-corrected chi connectivity index (χ4v) is 0.940. The fraction of sp³-hybridized carbons (Fsp3) is 0.556. The molecule has 0 saturated heterocycles. The fourth-order valence-electron chi connectivity index (χ4n) is 0.940. The molecule has 1 atom stereocenters. The maximum absolute atomic E-state index is 9.03. The number of aryl methyl sites for hydroxylation is 1. The summed E-state index contributed by atoms with van der Waals surface area (Å²) in [5, 5.41) is 12.1. The molecule has 0 fully saturated rings. The van der Waals surface area contributed by atoms with Crippen LogP contribution in [-0.4, -0.2) is 27.7 Å². The SMILES string of the molecule is CCc1cc(NC[C@@H](C)O)ncn1. The van der Waals surface area contributed by atoms with Crippen LogP contribution >= 0.6 is 0 Å². The summed E-state index contributed by atoms with van der Waals surface area (Å²) in [6.07, 6.45) is 2.06. The number of nitrogens with zero attached hydrogens (tertiary/aromatic N) is 2. The van der Waals surface area contributed by atoms with Gasteiger partial charge >= 0.3 is 0 Å². The van der Waals surface area contributed by atoms with Crippen LogP contribution in [0.25, 0.3) is 0 Å². The van der Waals surface area contributed by atoms with Crippen molar-refractivity contribution in [3.63, 3.8) is 0 Å². The van der Waals surface area contributed by atoms with Crippen molar-refractivity contribution in [1.82, 2.24) is 9.97 Å². The van der Waals surface area contributed by atoms with Crippen LogP contribution in [0.3, 0.4) is 0 Å². The third kappa shape index (κ3) is 3.38. The summed E-state index contributed by atoms with van der Waals surface area (Å²) in [4.78, 5) is 8.10. The van der Waals surface area contributed by atoms with Crippen LogP contribution in [-0.2, 0) is 6.42 Å². The van der Waals surface area contributed by atoms with Gasteiger partial charge in [-0.05, 0) is 13.3 Å². The first-order valence-corrected chi connectivity index (χ1v) is 4.45. The molecular formula is C9H15N3O. The van der Waals surface area contributed by atoms with E-state index in [1.165, 1.54) is 6.33 Å². The lowest BCUT2D eigenvalue weighted by molar-refractivity contribution is 0.208. The number of aliphatic hydroxyl groups is 1. The second-order valence-electron chi connectivity index (χ2n) is 2.98. The van der Waals surface area contributed by atoms with E-state index in [0.717, 1.165) is 17.9 Å². The molecule has 0 bridgehead atoms. The lowest BCUT2D eigenvalue weighted by atomic mass is 10.3. The topological polar surface area (TPSA) is 58.0 Å². The Hall–Kier alpha value is -1.16. The van der Waals surface area contributed by atoms with Crippen molar-refractivity contribution in [2.24, 2.45) is 0 Å². The predicted octanol–water partition coefficient (Wildman–Crippen LogP) is 0.832. The number of rotatable bonds is 4. The van der Waals surface area contributed by atoms with Crippen LogP contribution in [0.5, 0.6) is 0 Å². The minimum atomic E-state index is -0.361. The molecule has 13 heavy (non-hydrogen) atoms. The molecule has 4 heteroatoms. The smallest absolute Gasteiger partial charge is 0.129 e. The Morgan fingerprint density at radius 2 is 2.31 bits per heavy atom. The Balaban J connectivity index is 2.56. The molecule has 0 radical (unpaired) electrons. The van der Waals surface area contributed by atoms with Crippen LogP contribution in [0.15, 0.2) is 12.4 Å². The van der Waals surface area contributed by atoms with Gasteiger partial charge < -0.3 is 10.4 Å². The van der Waals surface area contributed by atoms with Crippen molar-refractivity contribution in [1.29, 1.82) is 0 Å². The van der Waals surface area contributed by atoms with Gasteiger partial charge in [0.05, 0.1) is 6.10 Å². The van der Waals surface area contributed by atoms with Gasteiger partial charge in [0, 0.05) is 18.3 Å². The molecule has 2 N–H and O–H groups in total. The quantitative estimate of drug-likeness (QED) is 0.722. The minimum Gasteiger partial charge on any atom is -0.392 e. The van der Waals surface area contributed by atoms with Crippen molar-refractivity contribution >= 4 is 5.82 Å². The molecule has 4 nitrogen and oxygen atoms in total. The van der Waals surface area contributed by atoms with E-state index >= 15 is 0 Å². The molecular weight excluding hydrogens is 166 g/mol. The molecule has 1 rings (SSSR count). The standard InChI is InChI=1S/C9H15N3O/c1-3-8-4-9(12-6-11-8)10-5-7(2)13/h4,6-7,13H,3,5H2,1-2H3,(H,10,11,12)/t7-/m1/s1. The molecule has 0 aromatic carbocycles. The number of aromatic nitrogens is 2. The molecule has 72 valence electrons. The average Bonchev–Trinajstić information content (AvgIpc) is 2.15. The van der Waals surface area contributed by atoms with Crippen LogP contribution in [0.1, 0.15) is 19.5 Å². The van der Waals surface area contributed by atoms with Gasteiger partial charge in [0.15, 0.2) is 0 Å². The Labute approximate surface area is 78.0 Å². The summed E-state index contributed by atoms with van der Waals surface area (Å²) < 4.78 is 0. The monoisotopic (exact) mass is 181 g/mol. The number of aliphatic hydroxyl groups excluding tert-OH is 1. The van der Waals surface area contributed by atoms with Gasteiger partial charge in [-0.3, -0.25) is 0 Å². The molecule has 0 unspecified atom stereocenters. The number of anilines is 1. The third-order valence-corrected chi connectivity index (χ3v) is 1.66. The van der Waals surface area contributed by atoms with E-state index in [2.05, 4.69) is 15.3 Å². The molecule has 0 spiro atoms. The summed E-state index contributed by atoms with van der Waals surface area (Å²) >= 11 is 0. The van der Waals surface area contributed by atoms with Crippen LogP contribution < -0.4 is 5.32 Å². The summed E-state index contributed by atoms with van der Waals surface area (Å²) in [5.74, 6) is 0.771. The Morgan fingerprint density at radius 3 is 2.92 bits per heavy atom. The number of nitrogens with one attached hydrogen (secondary N) is 1. The maximum Gasteiger partial charge on any atom is 0.129 e. The molecule has 0 aliphatic carbocycles. The van der Waals surface area contributed by atoms with E-state index in [-0.39, 0.29) is 6.10 Å². The molecule has 0 aliphatic rings. The maximum atomic E-state index is 9.03. The molecule has 1 aromatic rings. The van der Waals surface area contributed by atoms with Gasteiger partial charge in [-0.1, -0.05) is 6.92 Å². The zero-order chi connectivity index (χ0) is 9.68. The number of hydrogen-bond acceptors (Lipinski definition) is 4. The van der Waals surface area contributed by atoms with E-state index in [4.69, 9.17) is 5.11 Å². The van der Waals surface area contributed by atoms with Gasteiger partial charge in [0.1, 0.15) is 12.1 Å². The van der Waals surface area contributed by atoms with Crippen molar-refractivity contribution in [3.8, 4) is 0 Å². The number of hydrogen-bond donors (Lipinski definition) is 2. The zero-order valence-corrected chi connectivity index (χ0v) is 7.99. The highest BCUT2D eigenvalue weighted by atomic mass is 16.3. The van der Waals surface area contributed by atoms with Crippen LogP contribution in [0.4, 0.5) is 5.82 Å². The van der Waals surface area contributed by atoms with E-state index in [0.29, 0.717) is 6.54 Å². The van der Waals surface area contributed by atoms with Gasteiger partial charge in [-0.15, -0.1) is 0 Å². The molecule has 0 amide bonds. The largest absolute Gasteiger partial charge is 0.392 e. The van der Waals surface area contributed by atoms with Gasteiger partial charge in [0.25, 0.3) is 0 Å². The van der Waals surface area contributed by atoms with E-state index < -0.39 is 0 Å². The summed E-state index contributed by atoms with van der Waals surface area (Å²) in [6, 6.07) is 1.89. The third-order valence-electron chi connectivity index (χ3n) is 1.66. The first kappa shape index (κ1) is 9.92. The van der Waals surface area contributed by atoms with Crippen molar-refractivity contribution in [2.45, 2.75) is 26.4 Å². The summed E-state index contributed by atoms with van der Waals surface area (Å²) in [6.45, 7) is 4.29. The Bertz CT molecular complexity index is 263. The van der Waals surface area contributed by atoms with Crippen molar-refractivity contribution in [3.05, 3.63) is 18.1 Å². The second kappa shape index (κ2) is 4.77. The van der Waals surface area contributed by atoms with Crippen LogP contribution in [0, 0.1) is 0 Å². The highest BCUT2D eigenvalue weighted by Gasteiger charge is 1.98. The van der Waals surface area contributed by atoms with E-state index in [1.807, 2.05) is 13.0 Å². The molecule has 0 saturated carbocycles. The van der Waals surface area contributed by atoms with Gasteiger partial charge in [-0.25, -0.2) is 9.97 Å². The normalized spacial score (nSPS) is 12.5. The lowest BCUT2D eigenvalue weighted by Crippen LogP contribution is -2.16. The first-order valence-electron chi connectivity index (χ1n) is 4.45. The first-order chi connectivity index (χ1) is 6.22. The molecule has 1 heterocycles. The van der Waals surface area contributed by atoms with Crippen molar-refractivity contribution < 1.29 is 5.11 Å². The van der Waals surface area contributed by atoms with E-state index in [9.17, 15) is 0 Å². The van der Waals surface area contributed by atoms with Gasteiger partial charge in [0.2, 0.25) is 0 Å². The highest BCUT2D eigenvalue weighted by Crippen LogP contribution is 2.03. The summed E-state index contributed by atoms with van der Waals surface area (Å²) in [7, 11) is 0. The minimum absolute atomic E-state index is 0.361. The molecule has 0 aliphatic heterocycles. The molecule has 1 aromatic heterocycles. The Morgan fingerprint density at radius 1 is 1.54 bits per heavy atom.